The zero-order valence-corrected chi connectivity index (χ0v) is 12.3. The Kier molecular flexibility index (Phi) is 4.21. The molecule has 0 spiro atoms. The first kappa shape index (κ1) is 13.7. The highest BCUT2D eigenvalue weighted by Gasteiger charge is 2.12. The van der Waals surface area contributed by atoms with Crippen LogP contribution in [0.3, 0.4) is 0 Å². The fourth-order valence-corrected chi connectivity index (χ4v) is 2.33. The van der Waals surface area contributed by atoms with Gasteiger partial charge in [0, 0.05) is 12.2 Å². The summed E-state index contributed by atoms with van der Waals surface area (Å²) in [5.74, 6) is 1.63. The second kappa shape index (κ2) is 6.45. The van der Waals surface area contributed by atoms with Crippen LogP contribution in [0.25, 0.3) is 0 Å². The predicted octanol–water partition coefficient (Wildman–Crippen LogP) is 2.94. The molecule has 1 heterocycles. The maximum Gasteiger partial charge on any atom is 0.231 e. The van der Waals surface area contributed by atoms with Gasteiger partial charge in [0.2, 0.25) is 6.79 Å². The van der Waals surface area contributed by atoms with Gasteiger partial charge >= 0.3 is 0 Å². The van der Waals surface area contributed by atoms with Crippen LogP contribution in [0.2, 0.25) is 0 Å². The van der Waals surface area contributed by atoms with E-state index < -0.39 is 0 Å². The first-order valence-corrected chi connectivity index (χ1v) is 7.20. The molecule has 0 bridgehead atoms. The average molecular weight is 300 g/mol. The van der Waals surface area contributed by atoms with E-state index in [1.807, 2.05) is 48.5 Å². The van der Waals surface area contributed by atoms with E-state index in [1.54, 1.807) is 0 Å². The highest BCUT2D eigenvalue weighted by molar-refractivity contribution is 7.80. The van der Waals surface area contributed by atoms with Crippen molar-refractivity contribution in [2.75, 3.05) is 18.7 Å². The number of hydrogen-bond acceptors (Lipinski definition) is 3. The van der Waals surface area contributed by atoms with Crippen LogP contribution in [0.5, 0.6) is 11.5 Å². The van der Waals surface area contributed by atoms with Crippen LogP contribution in [0.15, 0.2) is 48.5 Å². The summed E-state index contributed by atoms with van der Waals surface area (Å²) in [6.45, 7) is 1.07. The summed E-state index contributed by atoms with van der Waals surface area (Å²) in [6, 6.07) is 15.9. The number of hydrogen-bond donors (Lipinski definition) is 2. The third kappa shape index (κ3) is 3.64. The van der Waals surface area contributed by atoms with Crippen LogP contribution in [0.4, 0.5) is 5.69 Å². The van der Waals surface area contributed by atoms with E-state index in [4.69, 9.17) is 21.7 Å². The van der Waals surface area contributed by atoms with Crippen LogP contribution in [0, 0.1) is 0 Å². The molecule has 0 radical (unpaired) electrons. The number of nitrogens with one attached hydrogen (secondary N) is 2. The van der Waals surface area contributed by atoms with Gasteiger partial charge in [-0.25, -0.2) is 0 Å². The van der Waals surface area contributed by atoms with Gasteiger partial charge in [-0.2, -0.15) is 0 Å². The average Bonchev–Trinajstić information content (AvgIpc) is 2.96. The van der Waals surface area contributed by atoms with Crippen LogP contribution in [0.1, 0.15) is 5.56 Å². The van der Waals surface area contributed by atoms with Gasteiger partial charge in [-0.05, 0) is 48.5 Å². The molecule has 0 aromatic heterocycles. The number of thiocarbonyl (C=S) groups is 1. The molecule has 5 heteroatoms. The number of rotatable bonds is 4. The van der Waals surface area contributed by atoms with Crippen molar-refractivity contribution in [1.82, 2.24) is 5.32 Å². The topological polar surface area (TPSA) is 42.5 Å². The minimum absolute atomic E-state index is 0.308. The zero-order chi connectivity index (χ0) is 14.5. The SMILES string of the molecule is S=C(NCCc1ccc2c(c1)OCO2)Nc1ccccc1. The van der Waals surface area contributed by atoms with E-state index in [0.29, 0.717) is 11.9 Å². The molecule has 0 saturated carbocycles. The number of ether oxygens (including phenoxy) is 2. The monoisotopic (exact) mass is 300 g/mol. The van der Waals surface area contributed by atoms with Crippen molar-refractivity contribution in [1.29, 1.82) is 0 Å². The van der Waals surface area contributed by atoms with Gasteiger partial charge in [0.05, 0.1) is 0 Å². The Labute approximate surface area is 129 Å². The van der Waals surface area contributed by atoms with E-state index in [1.165, 1.54) is 5.56 Å². The molecule has 1 aliphatic heterocycles. The lowest BCUT2D eigenvalue weighted by molar-refractivity contribution is 0.174. The quantitative estimate of drug-likeness (QED) is 0.850. The van der Waals surface area contributed by atoms with Gasteiger partial charge in [-0.1, -0.05) is 24.3 Å². The maximum atomic E-state index is 5.36. The van der Waals surface area contributed by atoms with E-state index in [2.05, 4.69) is 10.6 Å². The van der Waals surface area contributed by atoms with E-state index in [0.717, 1.165) is 30.2 Å². The standard InChI is InChI=1S/C16H16N2O2S/c21-16(18-13-4-2-1-3-5-13)17-9-8-12-6-7-14-15(10-12)20-11-19-14/h1-7,10H,8-9,11H2,(H2,17,18,21). The smallest absolute Gasteiger partial charge is 0.231 e. The lowest BCUT2D eigenvalue weighted by Gasteiger charge is -2.10. The Hall–Kier alpha value is -2.27. The zero-order valence-electron chi connectivity index (χ0n) is 11.5. The van der Waals surface area contributed by atoms with Crippen molar-refractivity contribution in [3.63, 3.8) is 0 Å². The van der Waals surface area contributed by atoms with Crippen molar-refractivity contribution in [3.05, 3.63) is 54.1 Å². The molecule has 21 heavy (non-hydrogen) atoms. The Balaban J connectivity index is 1.46. The van der Waals surface area contributed by atoms with Gasteiger partial charge in [-0.15, -0.1) is 0 Å². The van der Waals surface area contributed by atoms with Crippen LogP contribution >= 0.6 is 12.2 Å². The molecule has 0 unspecified atom stereocenters. The third-order valence-electron chi connectivity index (χ3n) is 3.17. The predicted molar refractivity (Wildman–Crippen MR) is 86.9 cm³/mol. The summed E-state index contributed by atoms with van der Waals surface area (Å²) >= 11 is 5.26. The normalized spacial score (nSPS) is 12.0. The van der Waals surface area contributed by atoms with Crippen LogP contribution < -0.4 is 20.1 Å². The number of fused-ring (bicyclic) bond motifs is 1. The van der Waals surface area contributed by atoms with Gasteiger partial charge in [0.1, 0.15) is 0 Å². The fourth-order valence-electron chi connectivity index (χ4n) is 2.11. The Morgan fingerprint density at radius 2 is 1.86 bits per heavy atom. The Bertz CT molecular complexity index is 631. The summed E-state index contributed by atoms with van der Waals surface area (Å²) in [5, 5.41) is 6.97. The minimum atomic E-state index is 0.308. The molecule has 0 fully saturated rings. The van der Waals surface area contributed by atoms with Gasteiger partial charge in [0.25, 0.3) is 0 Å². The van der Waals surface area contributed by atoms with Crippen molar-refractivity contribution in [2.45, 2.75) is 6.42 Å². The molecule has 0 saturated heterocycles. The summed E-state index contributed by atoms with van der Waals surface area (Å²) in [5.41, 5.74) is 2.17. The first-order chi connectivity index (χ1) is 10.3. The highest BCUT2D eigenvalue weighted by Crippen LogP contribution is 2.32. The summed E-state index contributed by atoms with van der Waals surface area (Å²) in [4.78, 5) is 0. The fraction of sp³-hybridized carbons (Fsp3) is 0.188. The minimum Gasteiger partial charge on any atom is -0.454 e. The number of para-hydroxylation sites is 1. The van der Waals surface area contributed by atoms with Crippen molar-refractivity contribution in [2.24, 2.45) is 0 Å². The van der Waals surface area contributed by atoms with Gasteiger partial charge in [-0.3, -0.25) is 0 Å². The third-order valence-corrected chi connectivity index (χ3v) is 3.41. The van der Waals surface area contributed by atoms with E-state index in [-0.39, 0.29) is 0 Å². The second-order valence-electron chi connectivity index (χ2n) is 4.68. The molecule has 2 aromatic carbocycles. The summed E-state index contributed by atoms with van der Waals surface area (Å²) in [7, 11) is 0. The van der Waals surface area contributed by atoms with Crippen molar-refractivity contribution >= 4 is 23.0 Å². The van der Waals surface area contributed by atoms with Gasteiger partial charge in [0.15, 0.2) is 16.6 Å². The first-order valence-electron chi connectivity index (χ1n) is 6.80. The number of benzene rings is 2. The Morgan fingerprint density at radius 1 is 1.05 bits per heavy atom. The maximum absolute atomic E-state index is 5.36. The summed E-state index contributed by atoms with van der Waals surface area (Å²) < 4.78 is 10.7. The molecule has 1 aliphatic rings. The van der Waals surface area contributed by atoms with Crippen LogP contribution in [-0.4, -0.2) is 18.5 Å². The largest absolute Gasteiger partial charge is 0.454 e. The molecule has 4 nitrogen and oxygen atoms in total. The van der Waals surface area contributed by atoms with Crippen molar-refractivity contribution in [3.8, 4) is 11.5 Å². The van der Waals surface area contributed by atoms with E-state index >= 15 is 0 Å². The van der Waals surface area contributed by atoms with Crippen LogP contribution in [-0.2, 0) is 6.42 Å². The lowest BCUT2D eigenvalue weighted by atomic mass is 10.1. The lowest BCUT2D eigenvalue weighted by Crippen LogP contribution is -2.30. The molecule has 2 aromatic rings. The number of anilines is 1. The van der Waals surface area contributed by atoms with Crippen molar-refractivity contribution < 1.29 is 9.47 Å². The molecule has 3 rings (SSSR count). The highest BCUT2D eigenvalue weighted by atomic mass is 32.1. The Morgan fingerprint density at radius 3 is 2.71 bits per heavy atom. The second-order valence-corrected chi connectivity index (χ2v) is 5.09. The van der Waals surface area contributed by atoms with Gasteiger partial charge < -0.3 is 20.1 Å². The molecule has 0 atom stereocenters. The molecule has 2 N–H and O–H groups in total. The van der Waals surface area contributed by atoms with E-state index in [9.17, 15) is 0 Å². The molecular formula is C16H16N2O2S. The molecular weight excluding hydrogens is 284 g/mol. The summed E-state index contributed by atoms with van der Waals surface area (Å²) in [6.07, 6.45) is 0.868. The molecule has 0 aliphatic carbocycles. The molecule has 0 amide bonds. The molecule has 108 valence electrons.